The first-order valence-electron chi connectivity index (χ1n) is 24.1. The number of aliphatic hydroxyl groups excluding tert-OH is 1. The van der Waals surface area contributed by atoms with Gasteiger partial charge in [-0.05, 0) is 116 Å². The maximum atomic E-state index is 11.9. The zero-order valence-corrected chi connectivity index (χ0v) is 42.3. The van der Waals surface area contributed by atoms with Crippen LogP contribution in [0.25, 0.3) is 0 Å². The quantitative estimate of drug-likeness (QED) is 0.123. The van der Waals surface area contributed by atoms with Crippen LogP contribution in [0.1, 0.15) is 92.9 Å². The van der Waals surface area contributed by atoms with Crippen molar-refractivity contribution < 1.29 is 43.2 Å². The van der Waals surface area contributed by atoms with Gasteiger partial charge < -0.3 is 53.8 Å². The molecule has 4 aliphatic heterocycles. The molecule has 4 aromatic rings. The second kappa shape index (κ2) is 29.9. The van der Waals surface area contributed by atoms with Crippen LogP contribution in [0, 0.1) is 0 Å². The third-order valence-electron chi connectivity index (χ3n) is 10.6. The molecule has 19 heteroatoms. The first-order chi connectivity index (χ1) is 33.4. The maximum Gasteiger partial charge on any atom is 0.410 e. The lowest BCUT2D eigenvalue weighted by Crippen LogP contribution is -2.44. The molecule has 4 fully saturated rings. The number of amides is 3. The number of nitrogens with one attached hydrogen (secondary N) is 2. The Balaban J connectivity index is 0.000000196. The number of hydrogen-bond acceptors (Lipinski definition) is 14. The number of ether oxygens (including phenoxy) is 5. The summed E-state index contributed by atoms with van der Waals surface area (Å²) in [6.07, 6.45) is 13.3. The molecule has 3 N–H and O–H groups in total. The van der Waals surface area contributed by atoms with Crippen LogP contribution in [-0.4, -0.2) is 145 Å². The Morgan fingerprint density at radius 2 is 0.929 bits per heavy atom. The van der Waals surface area contributed by atoms with Gasteiger partial charge in [-0.25, -0.2) is 24.5 Å². The Morgan fingerprint density at radius 1 is 0.557 bits per heavy atom. The predicted octanol–water partition coefficient (Wildman–Crippen LogP) is 8.11. The van der Waals surface area contributed by atoms with E-state index in [1.165, 1.54) is 6.07 Å². The third-order valence-corrected chi connectivity index (χ3v) is 10.9. The predicted molar refractivity (Wildman–Crippen MR) is 267 cm³/mol. The van der Waals surface area contributed by atoms with Gasteiger partial charge in [0.2, 0.25) is 23.2 Å². The van der Waals surface area contributed by atoms with E-state index in [0.717, 1.165) is 57.5 Å². The highest BCUT2D eigenvalue weighted by Gasteiger charge is 2.29. The van der Waals surface area contributed by atoms with E-state index >= 15 is 0 Å². The number of likely N-dealkylation sites (tertiary alicyclic amines) is 3. The number of aromatic amines is 1. The van der Waals surface area contributed by atoms with Crippen molar-refractivity contribution in [1.29, 1.82) is 0 Å². The molecule has 18 nitrogen and oxygen atoms in total. The molecular formula is C51H73ClN8O10. The normalized spacial score (nSPS) is 16.9. The van der Waals surface area contributed by atoms with Gasteiger partial charge >= 0.3 is 17.6 Å². The molecular weight excluding hydrogens is 920 g/mol. The Kier molecular flexibility index (Phi) is 24.2. The van der Waals surface area contributed by atoms with Crippen molar-refractivity contribution >= 4 is 29.2 Å². The van der Waals surface area contributed by atoms with Gasteiger partial charge in [-0.1, -0.05) is 24.3 Å². The van der Waals surface area contributed by atoms with Crippen LogP contribution in [0.3, 0.4) is 0 Å². The van der Waals surface area contributed by atoms with Gasteiger partial charge in [0.05, 0.1) is 6.10 Å². The second-order valence-corrected chi connectivity index (χ2v) is 19.2. The van der Waals surface area contributed by atoms with Gasteiger partial charge in [0.25, 0.3) is 0 Å². The van der Waals surface area contributed by atoms with Crippen molar-refractivity contribution in [3.8, 4) is 17.6 Å². The molecule has 70 heavy (non-hydrogen) atoms. The van der Waals surface area contributed by atoms with E-state index in [1.54, 1.807) is 51.6 Å². The van der Waals surface area contributed by atoms with Crippen LogP contribution in [0.2, 0.25) is 0 Å². The fourth-order valence-electron chi connectivity index (χ4n) is 7.06. The van der Waals surface area contributed by atoms with Crippen LogP contribution in [0.5, 0.6) is 17.6 Å². The minimum absolute atomic E-state index is 0.0532. The van der Waals surface area contributed by atoms with E-state index in [-0.39, 0.29) is 41.4 Å². The molecule has 0 saturated carbocycles. The van der Waals surface area contributed by atoms with Crippen molar-refractivity contribution in [3.05, 3.63) is 108 Å². The molecule has 4 aromatic heterocycles. The average Bonchev–Trinajstić information content (AvgIpc) is 3.33. The second-order valence-electron chi connectivity index (χ2n) is 18.8. The number of aliphatic hydroxyl groups is 1. The smallest absolute Gasteiger partial charge is 0.410 e. The molecule has 0 radical (unpaired) electrons. The molecule has 0 bridgehead atoms. The average molecular weight is 994 g/mol. The van der Waals surface area contributed by atoms with Crippen molar-refractivity contribution in [3.63, 3.8) is 0 Å². The van der Waals surface area contributed by atoms with Gasteiger partial charge in [-0.2, -0.15) is 0 Å². The molecule has 0 unspecified atom stereocenters. The first-order valence-corrected chi connectivity index (χ1v) is 24.5. The number of pyridine rings is 4. The summed E-state index contributed by atoms with van der Waals surface area (Å²) in [5, 5.41) is 12.2. The van der Waals surface area contributed by atoms with Crippen LogP contribution in [-0.2, 0) is 9.47 Å². The summed E-state index contributed by atoms with van der Waals surface area (Å²) >= 11 is 5.40. The molecule has 0 aliphatic carbocycles. The Labute approximate surface area is 417 Å². The number of halogens is 1. The standard InChI is InChI=1S/C15H22N2O3.C11H13ClN2O2.C10H14N2O.C10H19NO3.C5H5NO/c1-15(2,3)20-14(18)17-10-7-12(8-11-17)19-13-6-4-5-9-16-13;12-11(15)14-7-4-9(5-8-14)16-10-3-1-2-6-13-10;1-2-6-12-10(3-1)13-9-4-7-11-8-5-9;1-10(2,3)14-9(13)11-6-4-8(12)5-7-11;7-5-3-1-2-4-6-5/h4-6,9,12H,7-8,10-11H2,1-3H3;1-3,6,9H,4-5,7-8H2;1-3,6,9,11H,4-5,7-8H2;8,12H,4-7H2,1-3H3;1-4H,(H,6,7). The Hall–Kier alpha value is -5.98. The number of carbonyl (C=O) groups is 3. The zero-order valence-electron chi connectivity index (χ0n) is 41.5. The van der Waals surface area contributed by atoms with Crippen LogP contribution in [0.15, 0.2) is 102 Å². The Bertz CT molecular complexity index is 2100. The SMILES string of the molecule is CC(C)(C)OC(=O)N1CCC(O)CC1.CC(C)(C)OC(=O)N1CCC(Oc2ccccn2)CC1.O=C(Cl)N1CCC(Oc2ccccn2)CC1.O=c1cccc[nH]1.c1ccc(OC2CCNCC2)nc1. The number of piperidine rings is 4. The molecule has 0 aromatic carbocycles. The molecule has 3 amide bonds. The van der Waals surface area contributed by atoms with Gasteiger partial charge in [-0.3, -0.25) is 9.59 Å². The van der Waals surface area contributed by atoms with Gasteiger partial charge in [0.15, 0.2) is 0 Å². The largest absolute Gasteiger partial charge is 0.474 e. The lowest BCUT2D eigenvalue weighted by Gasteiger charge is -2.33. The number of carbonyl (C=O) groups excluding carboxylic acids is 3. The molecule has 8 heterocycles. The molecule has 0 spiro atoms. The molecule has 0 atom stereocenters. The van der Waals surface area contributed by atoms with E-state index in [9.17, 15) is 24.3 Å². The molecule has 4 saturated heterocycles. The monoisotopic (exact) mass is 993 g/mol. The first kappa shape index (κ1) is 56.6. The van der Waals surface area contributed by atoms with Gasteiger partial charge in [-0.15, -0.1) is 0 Å². The summed E-state index contributed by atoms with van der Waals surface area (Å²) in [6.45, 7) is 17.1. The van der Waals surface area contributed by atoms with Crippen molar-refractivity contribution in [2.45, 2.75) is 129 Å². The van der Waals surface area contributed by atoms with E-state index < -0.39 is 11.2 Å². The highest BCUT2D eigenvalue weighted by Crippen LogP contribution is 2.21. The zero-order chi connectivity index (χ0) is 50.8. The molecule has 4 aliphatic rings. The minimum Gasteiger partial charge on any atom is -0.474 e. The van der Waals surface area contributed by atoms with E-state index in [2.05, 4.69) is 25.3 Å². The summed E-state index contributed by atoms with van der Waals surface area (Å²) in [5.74, 6) is 2.02. The molecule has 8 rings (SSSR count). The number of H-pyrrole nitrogens is 1. The van der Waals surface area contributed by atoms with Crippen LogP contribution < -0.4 is 25.1 Å². The number of aromatic nitrogens is 4. The van der Waals surface area contributed by atoms with Gasteiger partial charge in [0, 0.05) is 114 Å². The highest BCUT2D eigenvalue weighted by molar-refractivity contribution is 6.62. The summed E-state index contributed by atoms with van der Waals surface area (Å²) in [5.41, 5.74) is -0.937. The number of hydrogen-bond donors (Lipinski definition) is 3. The summed E-state index contributed by atoms with van der Waals surface area (Å²) < 4.78 is 27.8. The molecule has 384 valence electrons. The summed E-state index contributed by atoms with van der Waals surface area (Å²) in [4.78, 5) is 64.5. The summed E-state index contributed by atoms with van der Waals surface area (Å²) in [7, 11) is 0. The summed E-state index contributed by atoms with van der Waals surface area (Å²) in [6, 6.07) is 21.9. The number of nitrogens with zero attached hydrogens (tertiary/aromatic N) is 6. The topological polar surface area (TPSA) is 211 Å². The van der Waals surface area contributed by atoms with Crippen LogP contribution >= 0.6 is 11.6 Å². The van der Waals surface area contributed by atoms with Gasteiger partial charge in [0.1, 0.15) is 29.5 Å². The van der Waals surface area contributed by atoms with E-state index in [1.807, 2.05) is 96.1 Å². The van der Waals surface area contributed by atoms with Crippen molar-refractivity contribution in [2.75, 3.05) is 52.4 Å². The van der Waals surface area contributed by atoms with E-state index in [0.29, 0.717) is 70.0 Å². The minimum atomic E-state index is -0.446. The van der Waals surface area contributed by atoms with E-state index in [4.69, 9.17) is 35.3 Å². The van der Waals surface area contributed by atoms with Crippen molar-refractivity contribution in [1.82, 2.24) is 40.0 Å². The fraction of sp³-hybridized carbons (Fsp3) is 0.549. The lowest BCUT2D eigenvalue weighted by atomic mass is 10.1. The Morgan fingerprint density at radius 3 is 1.24 bits per heavy atom. The fourth-order valence-corrected chi connectivity index (χ4v) is 7.23. The highest BCUT2D eigenvalue weighted by atomic mass is 35.5. The third kappa shape index (κ3) is 24.0. The maximum absolute atomic E-state index is 11.9. The van der Waals surface area contributed by atoms with Crippen molar-refractivity contribution in [2.24, 2.45) is 0 Å². The van der Waals surface area contributed by atoms with Crippen LogP contribution in [0.4, 0.5) is 14.4 Å². The number of rotatable bonds is 6. The lowest BCUT2D eigenvalue weighted by molar-refractivity contribution is 0.00953.